The Morgan fingerprint density at radius 3 is 2.26 bits per heavy atom. The normalized spacial score (nSPS) is 20.0. The monoisotopic (exact) mass is 392 g/mol. The van der Waals surface area contributed by atoms with E-state index >= 15 is 0 Å². The van der Waals surface area contributed by atoms with Gasteiger partial charge in [0.2, 0.25) is 21.6 Å². The molecule has 8 heteroatoms. The number of hydrogen-bond acceptors (Lipinski definition) is 6. The Hall–Kier alpha value is -2.03. The Bertz CT molecular complexity index is 896. The summed E-state index contributed by atoms with van der Waals surface area (Å²) in [5.74, 6) is -0.647. The lowest BCUT2D eigenvalue weighted by Gasteiger charge is -2.35. The third-order valence-electron chi connectivity index (χ3n) is 4.99. The van der Waals surface area contributed by atoms with Crippen LogP contribution in [0.5, 0.6) is 0 Å². The van der Waals surface area contributed by atoms with E-state index in [0.29, 0.717) is 19.0 Å². The standard InChI is InChI=1S/C19H24N2O5S/c1-12-7-9-21(10-8-12)16-17(23)14-5-3-4-6-15(14)18(24)19(16)27(25,26)20-11-13(2)22/h3-6,12-13,20,22H,7-11H2,1-2H3. The molecule has 1 unspecified atom stereocenters. The van der Waals surface area contributed by atoms with E-state index in [1.54, 1.807) is 23.1 Å². The largest absolute Gasteiger partial charge is 0.392 e. The van der Waals surface area contributed by atoms with Crippen LogP contribution in [0, 0.1) is 5.92 Å². The van der Waals surface area contributed by atoms with Gasteiger partial charge in [0, 0.05) is 30.8 Å². The molecule has 1 aromatic rings. The van der Waals surface area contributed by atoms with E-state index in [4.69, 9.17) is 0 Å². The van der Waals surface area contributed by atoms with Gasteiger partial charge < -0.3 is 10.0 Å². The number of sulfonamides is 1. The highest BCUT2D eigenvalue weighted by molar-refractivity contribution is 7.94. The molecule has 1 saturated heterocycles. The van der Waals surface area contributed by atoms with Gasteiger partial charge in [-0.15, -0.1) is 0 Å². The van der Waals surface area contributed by atoms with Crippen LogP contribution in [-0.4, -0.2) is 55.7 Å². The topological polar surface area (TPSA) is 104 Å². The molecule has 0 bridgehead atoms. The first-order valence-electron chi connectivity index (χ1n) is 9.07. The predicted molar refractivity (Wildman–Crippen MR) is 101 cm³/mol. The number of benzene rings is 1. The maximum Gasteiger partial charge on any atom is 0.246 e. The molecule has 1 aromatic carbocycles. The van der Waals surface area contributed by atoms with Crippen molar-refractivity contribution in [2.45, 2.75) is 32.8 Å². The van der Waals surface area contributed by atoms with E-state index in [2.05, 4.69) is 11.6 Å². The average Bonchev–Trinajstić information content (AvgIpc) is 2.63. The van der Waals surface area contributed by atoms with Gasteiger partial charge in [-0.25, -0.2) is 13.1 Å². The molecule has 1 aliphatic heterocycles. The highest BCUT2D eigenvalue weighted by Crippen LogP contribution is 2.33. The average molecular weight is 392 g/mol. The van der Waals surface area contributed by atoms with Crippen molar-refractivity contribution >= 4 is 21.6 Å². The second-order valence-corrected chi connectivity index (χ2v) is 8.96. The lowest BCUT2D eigenvalue weighted by molar-refractivity contribution is 0.0932. The molecular weight excluding hydrogens is 368 g/mol. The minimum Gasteiger partial charge on any atom is -0.392 e. The Balaban J connectivity index is 2.13. The lowest BCUT2D eigenvalue weighted by atomic mass is 9.90. The van der Waals surface area contributed by atoms with Crippen molar-refractivity contribution < 1.29 is 23.1 Å². The predicted octanol–water partition coefficient (Wildman–Crippen LogP) is 1.31. The van der Waals surface area contributed by atoms with Gasteiger partial charge in [0.05, 0.1) is 6.10 Å². The number of Topliss-reactive ketones (excluding diaryl/α,β-unsaturated/α-hetero) is 2. The number of ketones is 2. The first kappa shape index (κ1) is 19.7. The van der Waals surface area contributed by atoms with Crippen molar-refractivity contribution in [3.8, 4) is 0 Å². The summed E-state index contributed by atoms with van der Waals surface area (Å²) in [6.07, 6.45) is 0.726. The maximum atomic E-state index is 13.1. The molecule has 3 rings (SSSR count). The Morgan fingerprint density at radius 1 is 1.15 bits per heavy atom. The summed E-state index contributed by atoms with van der Waals surface area (Å²) < 4.78 is 28.0. The molecule has 1 atom stereocenters. The number of piperidine rings is 1. The number of likely N-dealkylation sites (tertiary alicyclic amines) is 1. The molecule has 1 fully saturated rings. The molecule has 0 spiro atoms. The molecule has 2 N–H and O–H groups in total. The molecule has 0 aromatic heterocycles. The van der Waals surface area contributed by atoms with Gasteiger partial charge >= 0.3 is 0 Å². The molecule has 0 saturated carbocycles. The summed E-state index contributed by atoms with van der Waals surface area (Å²) in [5, 5.41) is 9.43. The number of aliphatic hydroxyl groups excluding tert-OH is 1. The van der Waals surface area contributed by atoms with E-state index in [1.165, 1.54) is 13.0 Å². The SMILES string of the molecule is CC(O)CNS(=O)(=O)C1=C(N2CCC(C)CC2)C(=O)c2ccccc2C1=O. The molecule has 0 radical (unpaired) electrons. The fraction of sp³-hybridized carbons (Fsp3) is 0.474. The van der Waals surface area contributed by atoms with Gasteiger partial charge in [-0.3, -0.25) is 9.59 Å². The summed E-state index contributed by atoms with van der Waals surface area (Å²) >= 11 is 0. The van der Waals surface area contributed by atoms with Crippen molar-refractivity contribution in [1.82, 2.24) is 9.62 Å². The summed E-state index contributed by atoms with van der Waals surface area (Å²) in [4.78, 5) is 27.4. The van der Waals surface area contributed by atoms with Crippen molar-refractivity contribution in [3.05, 3.63) is 46.0 Å². The second-order valence-electron chi connectivity index (χ2n) is 7.25. The van der Waals surface area contributed by atoms with Crippen molar-refractivity contribution in [2.24, 2.45) is 5.92 Å². The molecule has 27 heavy (non-hydrogen) atoms. The van der Waals surface area contributed by atoms with Crippen LogP contribution >= 0.6 is 0 Å². The second kappa shape index (κ2) is 7.53. The Labute approximate surface area is 159 Å². The maximum absolute atomic E-state index is 13.1. The zero-order chi connectivity index (χ0) is 19.8. The van der Waals surface area contributed by atoms with Crippen LogP contribution < -0.4 is 4.72 Å². The minimum atomic E-state index is -4.26. The van der Waals surface area contributed by atoms with E-state index in [-0.39, 0.29) is 23.4 Å². The van der Waals surface area contributed by atoms with E-state index in [1.807, 2.05) is 0 Å². The van der Waals surface area contributed by atoms with Crippen LogP contribution in [0.2, 0.25) is 0 Å². The molecule has 1 aliphatic carbocycles. The zero-order valence-corrected chi connectivity index (χ0v) is 16.3. The van der Waals surface area contributed by atoms with E-state index in [9.17, 15) is 23.1 Å². The Morgan fingerprint density at radius 2 is 1.70 bits per heavy atom. The number of allylic oxidation sites excluding steroid dienone is 2. The number of aliphatic hydroxyl groups is 1. The third kappa shape index (κ3) is 3.83. The number of rotatable bonds is 5. The van der Waals surface area contributed by atoms with Gasteiger partial charge in [0.15, 0.2) is 4.91 Å². The van der Waals surface area contributed by atoms with Crippen molar-refractivity contribution in [1.29, 1.82) is 0 Å². The smallest absolute Gasteiger partial charge is 0.246 e. The zero-order valence-electron chi connectivity index (χ0n) is 15.4. The molecule has 0 amide bonds. The number of nitrogens with one attached hydrogen (secondary N) is 1. The van der Waals surface area contributed by atoms with Crippen LogP contribution in [0.3, 0.4) is 0 Å². The molecule has 146 valence electrons. The van der Waals surface area contributed by atoms with Gasteiger partial charge in [-0.05, 0) is 25.7 Å². The summed E-state index contributed by atoms with van der Waals surface area (Å²) in [7, 11) is -4.26. The van der Waals surface area contributed by atoms with Gasteiger partial charge in [-0.1, -0.05) is 31.2 Å². The van der Waals surface area contributed by atoms with Crippen LogP contribution in [0.1, 0.15) is 47.4 Å². The third-order valence-corrected chi connectivity index (χ3v) is 6.45. The summed E-state index contributed by atoms with van der Waals surface area (Å²) in [5.41, 5.74) is 0.267. The number of fused-ring (bicyclic) bond motifs is 1. The molecule has 7 nitrogen and oxygen atoms in total. The van der Waals surface area contributed by atoms with E-state index < -0.39 is 32.6 Å². The molecule has 1 heterocycles. The first-order valence-corrected chi connectivity index (χ1v) is 10.6. The molecule has 2 aliphatic rings. The van der Waals surface area contributed by atoms with Crippen molar-refractivity contribution in [2.75, 3.05) is 19.6 Å². The van der Waals surface area contributed by atoms with Gasteiger partial charge in [0.1, 0.15) is 5.70 Å². The first-order chi connectivity index (χ1) is 12.7. The van der Waals surface area contributed by atoms with Gasteiger partial charge in [-0.2, -0.15) is 0 Å². The quantitative estimate of drug-likeness (QED) is 0.783. The number of carbonyl (C=O) groups excluding carboxylic acids is 2. The lowest BCUT2D eigenvalue weighted by Crippen LogP contribution is -2.43. The van der Waals surface area contributed by atoms with Crippen molar-refractivity contribution in [3.63, 3.8) is 0 Å². The highest BCUT2D eigenvalue weighted by Gasteiger charge is 2.41. The highest BCUT2D eigenvalue weighted by atomic mass is 32.2. The summed E-state index contributed by atoms with van der Waals surface area (Å²) in [6.45, 7) is 4.35. The van der Waals surface area contributed by atoms with E-state index in [0.717, 1.165) is 12.8 Å². The van der Waals surface area contributed by atoms with Crippen LogP contribution in [0.15, 0.2) is 34.9 Å². The van der Waals surface area contributed by atoms with Crippen LogP contribution in [-0.2, 0) is 10.0 Å². The van der Waals surface area contributed by atoms with Gasteiger partial charge in [0.25, 0.3) is 0 Å². The van der Waals surface area contributed by atoms with Crippen LogP contribution in [0.25, 0.3) is 0 Å². The fourth-order valence-electron chi connectivity index (χ4n) is 3.41. The summed E-state index contributed by atoms with van der Waals surface area (Å²) in [6, 6.07) is 6.28. The number of nitrogens with zero attached hydrogens (tertiary/aromatic N) is 1. The number of hydrogen-bond donors (Lipinski definition) is 2. The number of carbonyl (C=O) groups is 2. The van der Waals surface area contributed by atoms with Crippen LogP contribution in [0.4, 0.5) is 0 Å². The molecular formula is C19H24N2O5S. The fourth-order valence-corrected chi connectivity index (χ4v) is 4.85. The Kier molecular flexibility index (Phi) is 5.50. The minimum absolute atomic E-state index is 0.0521.